The van der Waals surface area contributed by atoms with E-state index < -0.39 is 27.0 Å². The van der Waals surface area contributed by atoms with Gasteiger partial charge in [-0.25, -0.2) is 0 Å². The van der Waals surface area contributed by atoms with Crippen LogP contribution in [0.4, 0.5) is 27.1 Å². The number of anilines is 4. The van der Waals surface area contributed by atoms with E-state index >= 15 is 0 Å². The summed E-state index contributed by atoms with van der Waals surface area (Å²) in [5.74, 6) is -0.552. The van der Waals surface area contributed by atoms with Crippen LogP contribution in [0.2, 0.25) is 0 Å². The number of fused-ring (bicyclic) bond motifs is 5. The van der Waals surface area contributed by atoms with Crippen LogP contribution in [0.1, 0.15) is 20.0 Å². The number of H-pyrrole nitrogens is 1. The molecule has 34 heavy (non-hydrogen) atoms. The zero-order valence-corrected chi connectivity index (χ0v) is 20.2. The number of methoxy groups -OCH3 is 1. The fraction of sp³-hybridized carbons (Fsp3) is 0.120. The van der Waals surface area contributed by atoms with E-state index in [2.05, 4.69) is 44.1 Å². The third kappa shape index (κ3) is 3.47. The van der Waals surface area contributed by atoms with Crippen molar-refractivity contribution in [1.29, 1.82) is 0 Å². The number of aromatic nitrogens is 2. The van der Waals surface area contributed by atoms with Crippen molar-refractivity contribution in [3.05, 3.63) is 81.6 Å². The van der Waals surface area contributed by atoms with Gasteiger partial charge in [-0.2, -0.15) is 0 Å². The van der Waals surface area contributed by atoms with Gasteiger partial charge in [0, 0.05) is 0 Å². The van der Waals surface area contributed by atoms with Gasteiger partial charge in [0.1, 0.15) is 0 Å². The molecule has 9 heteroatoms. The Morgan fingerprint density at radius 3 is 2.97 bits per heavy atom. The maximum atomic E-state index is 14.5. The molecule has 0 radical (unpaired) electrons. The molecule has 0 fully saturated rings. The fourth-order valence-electron chi connectivity index (χ4n) is 4.39. The van der Waals surface area contributed by atoms with Gasteiger partial charge in [0.15, 0.2) is 0 Å². The van der Waals surface area contributed by atoms with E-state index in [1.807, 2.05) is 12.1 Å². The summed E-state index contributed by atoms with van der Waals surface area (Å²) in [4.78, 5) is 21.0. The first kappa shape index (κ1) is 21.0. The van der Waals surface area contributed by atoms with E-state index in [0.29, 0.717) is 23.5 Å². The Labute approximate surface area is 205 Å². The second-order valence-electron chi connectivity index (χ2n) is 7.95. The molecular formula is C25H20FIN5O2-. The van der Waals surface area contributed by atoms with Gasteiger partial charge in [-0.3, -0.25) is 0 Å². The molecule has 4 aromatic rings. The summed E-state index contributed by atoms with van der Waals surface area (Å²) in [6, 6.07) is 15.0. The number of alkyl halides is 1. The summed E-state index contributed by atoms with van der Waals surface area (Å²) in [7, 11) is 1.43. The number of para-hydroxylation sites is 1. The number of nitrogens with one attached hydrogen (secondary N) is 4. The fourth-order valence-corrected chi connectivity index (χ4v) is 7.40. The molecule has 2 aliphatic heterocycles. The Morgan fingerprint density at radius 1 is 1.21 bits per heavy atom. The molecule has 2 aromatic carbocycles. The molecule has 0 aliphatic carbocycles. The molecule has 1 atom stereocenters. The van der Waals surface area contributed by atoms with Crippen LogP contribution in [0, 0.1) is 9.39 Å². The van der Waals surface area contributed by atoms with Crippen molar-refractivity contribution in [2.24, 2.45) is 0 Å². The molecule has 6 rings (SSSR count). The Morgan fingerprint density at radius 2 is 2.09 bits per heavy atom. The van der Waals surface area contributed by atoms with Gasteiger partial charge in [0.25, 0.3) is 0 Å². The van der Waals surface area contributed by atoms with Gasteiger partial charge < -0.3 is 0 Å². The summed E-state index contributed by atoms with van der Waals surface area (Å²) in [6.45, 7) is 0.572. The second kappa shape index (κ2) is 8.32. The normalized spacial score (nSPS) is 16.2. The van der Waals surface area contributed by atoms with E-state index in [4.69, 9.17) is 4.74 Å². The average Bonchev–Trinajstić information content (AvgIpc) is 3.21. The van der Waals surface area contributed by atoms with Crippen molar-refractivity contribution in [3.63, 3.8) is 0 Å². The van der Waals surface area contributed by atoms with Crippen LogP contribution in [-0.2, 0) is 0 Å². The quantitative estimate of drug-likeness (QED) is 0.224. The SMILES string of the molecule is COc1c(F)cccc1Nc1c2[nH]c3c1C(=O)NC[C@H]3[I-]c1cccc(c1)Nc1cnccc1-2. The van der Waals surface area contributed by atoms with Crippen LogP contribution in [0.15, 0.2) is 60.9 Å². The molecule has 172 valence electrons. The standard InChI is InChI=1S/C25H20FIN5O2/c1-34-24-16(26)6-3-7-18(24)31-23-20-22-17(11-29-25(20)33)27-13-4-2-5-14(10-13)30-19-12-28-9-8-15(19)21(23)32-22/h2-10,12,17,30-32H,11H2,1H3,(H,29,33)/q-1/t17-/m1/s1. The van der Waals surface area contributed by atoms with Crippen molar-refractivity contribution < 1.29 is 35.1 Å². The van der Waals surface area contributed by atoms with Crippen LogP contribution in [0.3, 0.4) is 0 Å². The molecule has 4 bridgehead atoms. The van der Waals surface area contributed by atoms with Crippen LogP contribution in [-0.4, -0.2) is 29.5 Å². The van der Waals surface area contributed by atoms with Gasteiger partial charge in [-0.05, 0) is 0 Å². The van der Waals surface area contributed by atoms with Gasteiger partial charge in [0.05, 0.1) is 0 Å². The van der Waals surface area contributed by atoms with Crippen LogP contribution >= 0.6 is 0 Å². The van der Waals surface area contributed by atoms with Crippen molar-refractivity contribution in [1.82, 2.24) is 15.3 Å². The maximum absolute atomic E-state index is 14.5. The Kier molecular flexibility index (Phi) is 5.13. The predicted octanol–water partition coefficient (Wildman–Crippen LogP) is 1.77. The van der Waals surface area contributed by atoms with Crippen molar-refractivity contribution in [3.8, 4) is 17.0 Å². The number of pyridine rings is 1. The second-order valence-corrected chi connectivity index (χ2v) is 11.3. The number of halogens is 2. The summed E-state index contributed by atoms with van der Waals surface area (Å²) in [5.41, 5.74) is 5.85. The summed E-state index contributed by atoms with van der Waals surface area (Å²) in [6.07, 6.45) is 3.48. The van der Waals surface area contributed by atoms with Crippen LogP contribution < -0.4 is 41.9 Å². The van der Waals surface area contributed by atoms with Crippen LogP contribution in [0.5, 0.6) is 5.75 Å². The molecule has 4 N–H and O–H groups in total. The molecule has 0 saturated carbocycles. The third-order valence-electron chi connectivity index (χ3n) is 5.89. The first-order valence-electron chi connectivity index (χ1n) is 10.7. The third-order valence-corrected chi connectivity index (χ3v) is 9.10. The van der Waals surface area contributed by atoms with E-state index in [1.165, 1.54) is 16.7 Å². The molecule has 0 spiro atoms. The number of ether oxygens (including phenoxy) is 1. The number of amides is 1. The topological polar surface area (TPSA) is 91.1 Å². The van der Waals surface area contributed by atoms with Crippen molar-refractivity contribution in [2.45, 2.75) is 3.92 Å². The number of hydrogen-bond acceptors (Lipinski definition) is 5. The molecule has 0 saturated heterocycles. The first-order valence-corrected chi connectivity index (χ1v) is 13.0. The van der Waals surface area contributed by atoms with Crippen molar-refractivity contribution >= 4 is 28.7 Å². The number of carbonyl (C=O) groups is 1. The minimum absolute atomic E-state index is 0.0905. The summed E-state index contributed by atoms with van der Waals surface area (Å²) < 4.78 is 21.2. The van der Waals surface area contributed by atoms with Gasteiger partial charge >= 0.3 is 206 Å². The van der Waals surface area contributed by atoms with E-state index in [-0.39, 0.29) is 15.6 Å². The number of aromatic amines is 1. The molecule has 0 unspecified atom stereocenters. The molecule has 1 amide bonds. The minimum atomic E-state index is -0.481. The molecule has 7 nitrogen and oxygen atoms in total. The molecule has 4 heterocycles. The Hall–Kier alpha value is -3.60. The number of carbonyl (C=O) groups excluding carboxylic acids is 1. The number of benzene rings is 2. The molecular weight excluding hydrogens is 548 g/mol. The van der Waals surface area contributed by atoms with E-state index in [9.17, 15) is 9.18 Å². The van der Waals surface area contributed by atoms with E-state index in [1.54, 1.807) is 24.5 Å². The summed E-state index contributed by atoms with van der Waals surface area (Å²) >= 11 is -0.464. The zero-order chi connectivity index (χ0) is 23.2. The number of hydrogen-bond donors (Lipinski definition) is 4. The molecule has 2 aromatic heterocycles. The zero-order valence-electron chi connectivity index (χ0n) is 18.1. The number of rotatable bonds is 3. The van der Waals surface area contributed by atoms with E-state index in [0.717, 1.165) is 28.3 Å². The van der Waals surface area contributed by atoms with Gasteiger partial charge in [-0.1, -0.05) is 0 Å². The van der Waals surface area contributed by atoms with Crippen molar-refractivity contribution in [2.75, 3.05) is 24.3 Å². The average molecular weight is 568 g/mol. The Bertz CT molecular complexity index is 1440. The van der Waals surface area contributed by atoms with Gasteiger partial charge in [0.2, 0.25) is 0 Å². The predicted molar refractivity (Wildman–Crippen MR) is 124 cm³/mol. The molecule has 2 aliphatic rings. The monoisotopic (exact) mass is 568 g/mol. The van der Waals surface area contributed by atoms with Gasteiger partial charge in [-0.15, -0.1) is 0 Å². The number of nitrogens with zero attached hydrogens (tertiary/aromatic N) is 1. The Balaban J connectivity index is 1.61. The van der Waals surface area contributed by atoms with Crippen LogP contribution in [0.25, 0.3) is 11.3 Å². The summed E-state index contributed by atoms with van der Waals surface area (Å²) in [5, 5.41) is 9.87. The first-order chi connectivity index (χ1) is 16.6.